The van der Waals surface area contributed by atoms with E-state index in [1.165, 1.54) is 17.4 Å². The van der Waals surface area contributed by atoms with Gasteiger partial charge in [-0.2, -0.15) is 0 Å². The Bertz CT molecular complexity index is 1920. The molecular weight excluding hydrogens is 881 g/mol. The monoisotopic (exact) mass is 946 g/mol. The molecule has 6 atom stereocenters. The number of hydrogen-bond donors (Lipinski definition) is 13. The van der Waals surface area contributed by atoms with Crippen molar-refractivity contribution in [1.29, 1.82) is 5.41 Å². The van der Waals surface area contributed by atoms with E-state index < -0.39 is 122 Å². The van der Waals surface area contributed by atoms with E-state index in [1.807, 2.05) is 0 Å². The highest BCUT2D eigenvalue weighted by Gasteiger charge is 2.38. The van der Waals surface area contributed by atoms with Crippen LogP contribution in [0, 0.1) is 5.41 Å². The molecule has 0 spiro atoms. The summed E-state index contributed by atoms with van der Waals surface area (Å²) in [5.74, 6) is -6.75. The number of amides is 9. The summed E-state index contributed by atoms with van der Waals surface area (Å²) < 4.78 is 5.74. The van der Waals surface area contributed by atoms with Crippen molar-refractivity contribution >= 4 is 64.9 Å². The lowest BCUT2D eigenvalue weighted by atomic mass is 10.1. The average molecular weight is 947 g/mol. The zero-order valence-corrected chi connectivity index (χ0v) is 38.3. The molecule has 9 amide bonds. The van der Waals surface area contributed by atoms with Gasteiger partial charge in [-0.1, -0.05) is 0 Å². The molecule has 14 N–H and O–H groups in total. The normalized spacial score (nSPS) is 17.4. The first-order chi connectivity index (χ1) is 31.7. The van der Waals surface area contributed by atoms with Crippen LogP contribution < -0.4 is 53.6 Å². The number of aromatic amines is 1. The van der Waals surface area contributed by atoms with Crippen molar-refractivity contribution in [3.05, 3.63) is 18.2 Å². The van der Waals surface area contributed by atoms with Crippen molar-refractivity contribution in [3.63, 3.8) is 0 Å². The van der Waals surface area contributed by atoms with E-state index in [-0.39, 0.29) is 56.6 Å². The number of H-pyrrole nitrogens is 1. The lowest BCUT2D eigenvalue weighted by Gasteiger charge is -2.29. The maximum Gasteiger partial charge on any atom is 0.245 e. The third-order valence-electron chi connectivity index (χ3n) is 10.4. The molecule has 372 valence electrons. The minimum Gasteiger partial charge on any atom is -0.394 e. The molecule has 26 nitrogen and oxygen atoms in total. The van der Waals surface area contributed by atoms with Crippen LogP contribution in [0.2, 0.25) is 0 Å². The minimum absolute atomic E-state index is 0.0587. The third-order valence-corrected chi connectivity index (χ3v) is 10.4. The molecule has 26 heteroatoms. The number of likely N-dealkylation sites (tertiary alicyclic amines) is 1. The van der Waals surface area contributed by atoms with Crippen LogP contribution in [0.25, 0.3) is 0 Å². The lowest BCUT2D eigenvalue weighted by Crippen LogP contribution is -2.56. The van der Waals surface area contributed by atoms with Crippen LogP contribution in [-0.2, 0) is 59.1 Å². The van der Waals surface area contributed by atoms with Crippen molar-refractivity contribution in [2.75, 3.05) is 45.9 Å². The minimum atomic E-state index is -1.48. The number of guanidine groups is 1. The van der Waals surface area contributed by atoms with Gasteiger partial charge in [-0.3, -0.25) is 53.4 Å². The highest BCUT2D eigenvalue weighted by Crippen LogP contribution is 2.20. The smallest absolute Gasteiger partial charge is 0.245 e. The first-order valence-corrected chi connectivity index (χ1v) is 22.2. The van der Waals surface area contributed by atoms with Gasteiger partial charge in [-0.05, 0) is 59.8 Å². The summed E-state index contributed by atoms with van der Waals surface area (Å²) in [5.41, 5.74) is 5.02. The van der Waals surface area contributed by atoms with Crippen LogP contribution in [0.3, 0.4) is 0 Å². The molecule has 67 heavy (non-hydrogen) atoms. The Morgan fingerprint density at radius 1 is 0.881 bits per heavy atom. The molecule has 1 aromatic heterocycles. The molecule has 0 bridgehead atoms. The van der Waals surface area contributed by atoms with Crippen LogP contribution in [-0.4, -0.2) is 173 Å². The SMILES string of the molecule is CCNC(=O)[C@@H]1CCCN1C(=O)[C@H](CCCNC(=N)N)NC(=O)CNC(=O)[C@@H](COC(C)(C)C)NC(=O)CCC(=O)[C@H](CO)NC(=O)CNC(=O)[C@H](Cc1c[nH]cn1)NC(=O)[C@H]1CCC(=O)N1. The number of ketones is 1. The summed E-state index contributed by atoms with van der Waals surface area (Å²) in [6.07, 6.45) is 3.69. The third kappa shape index (κ3) is 19.4. The molecule has 0 saturated carbocycles. The molecule has 0 aromatic carbocycles. The summed E-state index contributed by atoms with van der Waals surface area (Å²) >= 11 is 0. The zero-order chi connectivity index (χ0) is 49.7. The predicted octanol–water partition coefficient (Wildman–Crippen LogP) is -5.05. The van der Waals surface area contributed by atoms with Gasteiger partial charge >= 0.3 is 0 Å². The Kier molecular flexibility index (Phi) is 22.1. The number of nitrogens with zero attached hydrogens (tertiary/aromatic N) is 2. The van der Waals surface area contributed by atoms with E-state index in [1.54, 1.807) is 27.7 Å². The number of hydrogen-bond acceptors (Lipinski definition) is 14. The fourth-order valence-electron chi connectivity index (χ4n) is 6.98. The largest absolute Gasteiger partial charge is 0.394 e. The van der Waals surface area contributed by atoms with Gasteiger partial charge < -0.3 is 73.3 Å². The maximum absolute atomic E-state index is 13.7. The van der Waals surface area contributed by atoms with Crippen molar-refractivity contribution in [2.24, 2.45) is 5.73 Å². The van der Waals surface area contributed by atoms with Gasteiger partial charge in [0.1, 0.15) is 36.3 Å². The summed E-state index contributed by atoms with van der Waals surface area (Å²) in [4.78, 5) is 138. The highest BCUT2D eigenvalue weighted by molar-refractivity contribution is 5.97. The van der Waals surface area contributed by atoms with E-state index in [2.05, 4.69) is 57.8 Å². The predicted molar refractivity (Wildman–Crippen MR) is 237 cm³/mol. The summed E-state index contributed by atoms with van der Waals surface area (Å²) in [7, 11) is 0. The van der Waals surface area contributed by atoms with Gasteiger partial charge in [-0.15, -0.1) is 0 Å². The Balaban J connectivity index is 1.55. The van der Waals surface area contributed by atoms with Crippen molar-refractivity contribution in [3.8, 4) is 0 Å². The number of aromatic nitrogens is 2. The number of aliphatic hydroxyl groups is 1. The number of nitrogens with one attached hydrogen (secondary N) is 11. The quantitative estimate of drug-likeness (QED) is 0.0223. The van der Waals surface area contributed by atoms with Crippen molar-refractivity contribution in [2.45, 2.75) is 127 Å². The van der Waals surface area contributed by atoms with Gasteiger partial charge in [0.05, 0.1) is 43.9 Å². The summed E-state index contributed by atoms with van der Waals surface area (Å²) in [6, 6.07) is -6.67. The Hall–Kier alpha value is -6.70. The maximum atomic E-state index is 13.7. The number of Topliss-reactive ketones (excluding diaryl/α,β-unsaturated/α-hetero) is 1. The van der Waals surface area contributed by atoms with Gasteiger partial charge in [0.2, 0.25) is 53.2 Å². The number of aliphatic hydroxyl groups excluding tert-OH is 1. The molecule has 2 saturated heterocycles. The van der Waals surface area contributed by atoms with Gasteiger partial charge in [0.25, 0.3) is 0 Å². The second kappa shape index (κ2) is 27.1. The van der Waals surface area contributed by atoms with Gasteiger partial charge in [0.15, 0.2) is 11.7 Å². The van der Waals surface area contributed by atoms with Crippen LogP contribution in [0.4, 0.5) is 0 Å². The van der Waals surface area contributed by atoms with Crippen LogP contribution in [0.1, 0.15) is 84.8 Å². The molecule has 3 rings (SSSR count). The summed E-state index contributed by atoms with van der Waals surface area (Å²) in [5, 5.41) is 39.9. The molecule has 2 fully saturated rings. The van der Waals surface area contributed by atoms with E-state index in [9.17, 15) is 53.1 Å². The molecule has 2 aliphatic rings. The number of imidazole rings is 1. The molecular formula is C41H66N14O12. The standard InChI is InChI=1S/C41H66N14O12/c1-5-45-38(65)29-9-7-15-55(29)39(66)25(8-6-14-46-40(42)43)51-33(60)18-48-36(63)28(21-67-41(2,3)4)53-32(59)13-11-30(57)27(20-56)52-34(61)19-47-35(62)26(16-23-17-44-22-49-23)54-37(64)24-10-12-31(58)50-24/h17,22,24-29,56H,5-16,18-21H2,1-4H3,(H,44,49)(H,45,65)(H,47,62)(H,48,63)(H,50,58)(H,51,60)(H,52,61)(H,53,59)(H,54,64)(H4,42,43,46)/t24-,25+,26+,27+,28-,29+/m1/s1. The fourth-order valence-corrected chi connectivity index (χ4v) is 6.98. The molecule has 3 heterocycles. The van der Waals surface area contributed by atoms with Crippen molar-refractivity contribution < 1.29 is 57.8 Å². The van der Waals surface area contributed by atoms with E-state index >= 15 is 0 Å². The number of likely N-dealkylation sites (N-methyl/N-ethyl adjacent to an activating group) is 1. The van der Waals surface area contributed by atoms with Gasteiger partial charge in [0, 0.05) is 51.5 Å². The average Bonchev–Trinajstić information content (AvgIpc) is 4.08. The topological polar surface area (TPSA) is 390 Å². The van der Waals surface area contributed by atoms with Crippen LogP contribution >= 0.6 is 0 Å². The molecule has 0 aliphatic carbocycles. The number of carbonyl (C=O) groups excluding carboxylic acids is 10. The van der Waals surface area contributed by atoms with E-state index in [0.717, 1.165) is 0 Å². The van der Waals surface area contributed by atoms with E-state index in [0.29, 0.717) is 38.0 Å². The number of nitrogens with two attached hydrogens (primary N) is 1. The Morgan fingerprint density at radius 3 is 2.12 bits per heavy atom. The first-order valence-electron chi connectivity index (χ1n) is 22.2. The second-order valence-corrected chi connectivity index (χ2v) is 16.9. The van der Waals surface area contributed by atoms with Crippen molar-refractivity contribution in [1.82, 2.24) is 62.7 Å². The zero-order valence-electron chi connectivity index (χ0n) is 38.3. The molecule has 0 unspecified atom stereocenters. The van der Waals surface area contributed by atoms with Gasteiger partial charge in [-0.25, -0.2) is 4.98 Å². The van der Waals surface area contributed by atoms with Crippen LogP contribution in [0.15, 0.2) is 12.5 Å². The van der Waals surface area contributed by atoms with E-state index in [4.69, 9.17) is 15.9 Å². The number of rotatable bonds is 27. The lowest BCUT2D eigenvalue weighted by molar-refractivity contribution is -0.141. The second-order valence-electron chi connectivity index (χ2n) is 16.9. The first kappa shape index (κ1) is 54.6. The number of carbonyl (C=O) groups is 10. The Morgan fingerprint density at radius 2 is 1.54 bits per heavy atom. The summed E-state index contributed by atoms with van der Waals surface area (Å²) in [6.45, 7) is 5.30. The number of ether oxygens (including phenoxy) is 1. The fraction of sp³-hybridized carbons (Fsp3) is 0.659. The Labute approximate surface area is 387 Å². The van der Waals surface area contributed by atoms with Crippen LogP contribution in [0.5, 0.6) is 0 Å². The molecule has 2 aliphatic heterocycles. The highest BCUT2D eigenvalue weighted by atomic mass is 16.5. The molecule has 1 aromatic rings. The molecule has 0 radical (unpaired) electrons.